The highest BCUT2D eigenvalue weighted by Gasteiger charge is 2.24. The average Bonchev–Trinajstić information content (AvgIpc) is 3.35. The number of carbonyl (C=O) groups excluding carboxylic acids is 3. The van der Waals surface area contributed by atoms with E-state index in [1.54, 1.807) is 6.07 Å². The van der Waals surface area contributed by atoms with Crippen molar-refractivity contribution in [2.24, 2.45) is 0 Å². The van der Waals surface area contributed by atoms with E-state index in [-0.39, 0.29) is 25.1 Å². The van der Waals surface area contributed by atoms with Gasteiger partial charge in [0.2, 0.25) is 5.91 Å². The van der Waals surface area contributed by atoms with Gasteiger partial charge in [0, 0.05) is 13.1 Å². The molecule has 1 saturated carbocycles. The SMILES string of the molecule is Cc1ccc(OCC(=O)OCC(=O)N(C)CC(=O)NC2CC2)c(Br)c1. The van der Waals surface area contributed by atoms with Gasteiger partial charge in [0.1, 0.15) is 5.75 Å². The number of halogens is 1. The molecule has 1 aliphatic rings. The van der Waals surface area contributed by atoms with Gasteiger partial charge in [-0.3, -0.25) is 9.59 Å². The molecule has 0 saturated heterocycles. The van der Waals surface area contributed by atoms with E-state index in [2.05, 4.69) is 21.2 Å². The lowest BCUT2D eigenvalue weighted by Gasteiger charge is -2.16. The van der Waals surface area contributed by atoms with Gasteiger partial charge in [0.05, 0.1) is 11.0 Å². The van der Waals surface area contributed by atoms with Crippen LogP contribution in [0.25, 0.3) is 0 Å². The molecule has 8 heteroatoms. The molecule has 7 nitrogen and oxygen atoms in total. The fraction of sp³-hybridized carbons (Fsp3) is 0.471. The first kappa shape index (κ1) is 19.2. The van der Waals surface area contributed by atoms with Gasteiger partial charge in [-0.25, -0.2) is 4.79 Å². The predicted octanol–water partition coefficient (Wildman–Crippen LogP) is 1.42. The van der Waals surface area contributed by atoms with Crippen LogP contribution < -0.4 is 10.1 Å². The van der Waals surface area contributed by atoms with Crippen molar-refractivity contribution < 1.29 is 23.9 Å². The average molecular weight is 413 g/mol. The van der Waals surface area contributed by atoms with Crippen molar-refractivity contribution in [1.82, 2.24) is 10.2 Å². The second-order valence-corrected chi connectivity index (χ2v) is 6.83. The van der Waals surface area contributed by atoms with Gasteiger partial charge >= 0.3 is 5.97 Å². The van der Waals surface area contributed by atoms with E-state index in [9.17, 15) is 14.4 Å². The Hall–Kier alpha value is -2.09. The fourth-order valence-electron chi connectivity index (χ4n) is 1.96. The molecule has 1 fully saturated rings. The minimum absolute atomic E-state index is 0.0559. The summed E-state index contributed by atoms with van der Waals surface area (Å²) in [5, 5.41) is 2.79. The van der Waals surface area contributed by atoms with E-state index in [0.29, 0.717) is 5.75 Å². The third kappa shape index (κ3) is 6.74. The first-order chi connectivity index (χ1) is 11.8. The number of likely N-dealkylation sites (N-methyl/N-ethyl adjacent to an activating group) is 1. The topological polar surface area (TPSA) is 84.9 Å². The first-order valence-corrected chi connectivity index (χ1v) is 8.72. The number of hydrogen-bond acceptors (Lipinski definition) is 5. The van der Waals surface area contributed by atoms with Crippen molar-refractivity contribution in [3.63, 3.8) is 0 Å². The number of ether oxygens (including phenoxy) is 2. The van der Waals surface area contributed by atoms with Gasteiger partial charge in [-0.05, 0) is 53.4 Å². The van der Waals surface area contributed by atoms with E-state index in [0.717, 1.165) is 22.9 Å². The highest BCUT2D eigenvalue weighted by atomic mass is 79.9. The number of nitrogens with zero attached hydrogens (tertiary/aromatic N) is 1. The second-order valence-electron chi connectivity index (χ2n) is 5.97. The molecule has 136 valence electrons. The summed E-state index contributed by atoms with van der Waals surface area (Å²) in [6.45, 7) is 1.15. The lowest BCUT2D eigenvalue weighted by molar-refractivity contribution is -0.153. The summed E-state index contributed by atoms with van der Waals surface area (Å²) in [6.07, 6.45) is 1.97. The number of hydrogen-bond donors (Lipinski definition) is 1. The normalized spacial score (nSPS) is 13.1. The zero-order valence-electron chi connectivity index (χ0n) is 14.2. The van der Waals surface area contributed by atoms with Crippen LogP contribution in [0.4, 0.5) is 0 Å². The highest BCUT2D eigenvalue weighted by Crippen LogP contribution is 2.25. The monoisotopic (exact) mass is 412 g/mol. The number of esters is 1. The molecule has 2 amide bonds. The highest BCUT2D eigenvalue weighted by molar-refractivity contribution is 9.10. The molecule has 1 N–H and O–H groups in total. The Bertz CT molecular complexity index is 660. The van der Waals surface area contributed by atoms with Crippen LogP contribution in [0, 0.1) is 6.92 Å². The van der Waals surface area contributed by atoms with Crippen LogP contribution in [0.2, 0.25) is 0 Å². The molecular formula is C17H21BrN2O5. The van der Waals surface area contributed by atoms with Gasteiger partial charge in [-0.1, -0.05) is 6.07 Å². The Morgan fingerprint density at radius 3 is 2.64 bits per heavy atom. The number of rotatable bonds is 8. The van der Waals surface area contributed by atoms with Crippen LogP contribution in [-0.2, 0) is 19.1 Å². The Morgan fingerprint density at radius 1 is 1.28 bits per heavy atom. The molecule has 25 heavy (non-hydrogen) atoms. The summed E-state index contributed by atoms with van der Waals surface area (Å²) in [7, 11) is 1.49. The van der Waals surface area contributed by atoms with Crippen molar-refractivity contribution in [3.8, 4) is 5.75 Å². The standard InChI is InChI=1S/C17H21BrN2O5/c1-11-3-6-14(13(18)7-11)24-10-17(23)25-9-16(22)20(2)8-15(21)19-12-4-5-12/h3,6-7,12H,4-5,8-10H2,1-2H3,(H,19,21). The van der Waals surface area contributed by atoms with Crippen LogP contribution in [0.1, 0.15) is 18.4 Å². The van der Waals surface area contributed by atoms with E-state index in [1.165, 1.54) is 11.9 Å². The molecule has 0 spiro atoms. The van der Waals surface area contributed by atoms with E-state index >= 15 is 0 Å². The molecule has 0 aromatic heterocycles. The molecule has 0 radical (unpaired) electrons. The summed E-state index contributed by atoms with van der Waals surface area (Å²) >= 11 is 3.35. The van der Waals surface area contributed by atoms with Crippen molar-refractivity contribution in [3.05, 3.63) is 28.2 Å². The molecule has 0 atom stereocenters. The zero-order valence-corrected chi connectivity index (χ0v) is 15.8. The summed E-state index contributed by atoms with van der Waals surface area (Å²) in [5.74, 6) is -0.799. The molecule has 1 aromatic carbocycles. The summed E-state index contributed by atoms with van der Waals surface area (Å²) in [5.41, 5.74) is 1.06. The van der Waals surface area contributed by atoms with Gasteiger partial charge in [0.15, 0.2) is 13.2 Å². The molecule has 0 aliphatic heterocycles. The summed E-state index contributed by atoms with van der Waals surface area (Å²) in [4.78, 5) is 36.4. The molecule has 1 aromatic rings. The Kier molecular flexibility index (Phi) is 6.81. The number of benzene rings is 1. The van der Waals surface area contributed by atoms with Gasteiger partial charge in [-0.15, -0.1) is 0 Å². The van der Waals surface area contributed by atoms with Gasteiger partial charge < -0.3 is 19.7 Å². The van der Waals surface area contributed by atoms with E-state index in [1.807, 2.05) is 19.1 Å². The largest absolute Gasteiger partial charge is 0.481 e. The summed E-state index contributed by atoms with van der Waals surface area (Å²) in [6, 6.07) is 5.71. The molecule has 1 aliphatic carbocycles. The van der Waals surface area contributed by atoms with Crippen molar-refractivity contribution in [1.29, 1.82) is 0 Å². The predicted molar refractivity (Wildman–Crippen MR) is 94.1 cm³/mol. The number of nitrogens with one attached hydrogen (secondary N) is 1. The Morgan fingerprint density at radius 2 is 2.00 bits per heavy atom. The van der Waals surface area contributed by atoms with Crippen molar-refractivity contribution >= 4 is 33.7 Å². The second kappa shape index (κ2) is 8.84. The number of aryl methyl sites for hydroxylation is 1. The fourth-order valence-corrected chi connectivity index (χ4v) is 2.57. The minimum Gasteiger partial charge on any atom is -0.481 e. The van der Waals surface area contributed by atoms with Crippen LogP contribution in [-0.4, -0.2) is 55.5 Å². The lowest BCUT2D eigenvalue weighted by atomic mass is 10.2. The molecule has 2 rings (SSSR count). The van der Waals surface area contributed by atoms with Crippen molar-refractivity contribution in [2.75, 3.05) is 26.8 Å². The van der Waals surface area contributed by atoms with Crippen molar-refractivity contribution in [2.45, 2.75) is 25.8 Å². The first-order valence-electron chi connectivity index (χ1n) is 7.93. The number of amides is 2. The Balaban J connectivity index is 1.67. The van der Waals surface area contributed by atoms with Crippen LogP contribution in [0.5, 0.6) is 5.75 Å². The third-order valence-electron chi connectivity index (χ3n) is 3.54. The van der Waals surface area contributed by atoms with Crippen LogP contribution in [0.3, 0.4) is 0 Å². The van der Waals surface area contributed by atoms with Crippen LogP contribution in [0.15, 0.2) is 22.7 Å². The molecule has 0 unspecified atom stereocenters. The summed E-state index contributed by atoms with van der Waals surface area (Å²) < 4.78 is 11.0. The number of carbonyl (C=O) groups is 3. The maximum absolute atomic E-state index is 11.9. The maximum atomic E-state index is 11.9. The van der Waals surface area contributed by atoms with Gasteiger partial charge in [0.25, 0.3) is 5.91 Å². The smallest absolute Gasteiger partial charge is 0.344 e. The molecule has 0 heterocycles. The lowest BCUT2D eigenvalue weighted by Crippen LogP contribution is -2.40. The Labute approximate surface area is 154 Å². The quantitative estimate of drug-likeness (QED) is 0.652. The minimum atomic E-state index is -0.656. The maximum Gasteiger partial charge on any atom is 0.344 e. The van der Waals surface area contributed by atoms with Gasteiger partial charge in [-0.2, -0.15) is 0 Å². The molecule has 0 bridgehead atoms. The van der Waals surface area contributed by atoms with E-state index in [4.69, 9.17) is 9.47 Å². The van der Waals surface area contributed by atoms with Crippen LogP contribution >= 0.6 is 15.9 Å². The third-order valence-corrected chi connectivity index (χ3v) is 4.16. The van der Waals surface area contributed by atoms with E-state index < -0.39 is 18.5 Å². The molecular weight excluding hydrogens is 392 g/mol. The zero-order chi connectivity index (χ0) is 18.4.